The summed E-state index contributed by atoms with van der Waals surface area (Å²) >= 11 is 0. The Balaban J connectivity index is 2.43. The van der Waals surface area contributed by atoms with Gasteiger partial charge in [-0.05, 0) is 31.9 Å². The van der Waals surface area contributed by atoms with E-state index in [0.717, 1.165) is 18.6 Å². The number of hydrogen-bond donors (Lipinski definition) is 0. The van der Waals surface area contributed by atoms with Crippen molar-refractivity contribution in [1.29, 1.82) is 0 Å². The summed E-state index contributed by atoms with van der Waals surface area (Å²) in [6.07, 6.45) is 1.50. The van der Waals surface area contributed by atoms with Gasteiger partial charge in [0.2, 0.25) is 0 Å². The fourth-order valence-electron chi connectivity index (χ4n) is 1.82. The summed E-state index contributed by atoms with van der Waals surface area (Å²) in [4.78, 5) is 11.3. The lowest BCUT2D eigenvalue weighted by atomic mass is 10.3. The van der Waals surface area contributed by atoms with Crippen molar-refractivity contribution >= 4 is 14.8 Å². The van der Waals surface area contributed by atoms with Crippen molar-refractivity contribution in [2.45, 2.75) is 25.8 Å². The summed E-state index contributed by atoms with van der Waals surface area (Å²) in [5.41, 5.74) is 0.407. The molecule has 0 saturated carbocycles. The van der Waals surface area contributed by atoms with Gasteiger partial charge >= 0.3 is 14.8 Å². The number of unbranched alkanes of at least 4 members (excludes halogenated alkanes) is 1. The minimum atomic E-state index is -2.74. The monoisotopic (exact) mass is 324 g/mol. The summed E-state index contributed by atoms with van der Waals surface area (Å²) in [6.45, 7) is 5.52. The maximum absolute atomic E-state index is 11.3. The number of carbonyl (C=O) groups is 1. The fraction of sp³-hybridized carbons (Fsp3) is 0.438. The van der Waals surface area contributed by atoms with Gasteiger partial charge in [0.1, 0.15) is 5.75 Å². The molecule has 0 aliphatic heterocycles. The van der Waals surface area contributed by atoms with E-state index in [1.807, 2.05) is 30.3 Å². The molecule has 122 valence electrons. The third kappa shape index (κ3) is 6.01. The standard InChI is InChI=1S/C16H24O5Si/c1-14(2)16(17)20-12-8-9-13-22(18-3,19-4)21-15-10-6-5-7-11-15/h5-7,10-11H,1,8-9,12-13H2,2-4H3. The third-order valence-corrected chi connectivity index (χ3v) is 5.85. The van der Waals surface area contributed by atoms with E-state index in [9.17, 15) is 4.79 Å². The molecule has 0 bridgehead atoms. The Morgan fingerprint density at radius 2 is 1.77 bits per heavy atom. The number of benzene rings is 1. The number of esters is 1. The molecule has 6 heteroatoms. The zero-order valence-corrected chi connectivity index (χ0v) is 14.5. The van der Waals surface area contributed by atoms with Crippen LogP contribution in [0.1, 0.15) is 19.8 Å². The number of rotatable bonds is 10. The lowest BCUT2D eigenvalue weighted by Crippen LogP contribution is -2.47. The zero-order valence-electron chi connectivity index (χ0n) is 13.5. The van der Waals surface area contributed by atoms with Crippen molar-refractivity contribution in [3.8, 4) is 5.75 Å². The van der Waals surface area contributed by atoms with E-state index in [4.69, 9.17) is 18.0 Å². The molecule has 22 heavy (non-hydrogen) atoms. The first-order valence-electron chi connectivity index (χ1n) is 7.20. The van der Waals surface area contributed by atoms with Crippen LogP contribution in [0, 0.1) is 0 Å². The molecule has 0 saturated heterocycles. The minimum absolute atomic E-state index is 0.356. The Labute approximate surface area is 133 Å². The van der Waals surface area contributed by atoms with E-state index < -0.39 is 8.80 Å². The molecule has 0 aliphatic carbocycles. The highest BCUT2D eigenvalue weighted by atomic mass is 28.4. The van der Waals surface area contributed by atoms with Crippen molar-refractivity contribution in [3.63, 3.8) is 0 Å². The largest absolute Gasteiger partial charge is 0.565 e. The summed E-state index contributed by atoms with van der Waals surface area (Å²) < 4.78 is 22.1. The quantitative estimate of drug-likeness (QED) is 0.286. The Hall–Kier alpha value is -1.63. The average Bonchev–Trinajstić information content (AvgIpc) is 2.54. The van der Waals surface area contributed by atoms with Crippen molar-refractivity contribution in [3.05, 3.63) is 42.5 Å². The molecule has 0 amide bonds. The molecule has 0 aromatic heterocycles. The molecule has 0 unspecified atom stereocenters. The molecule has 1 aromatic rings. The third-order valence-electron chi connectivity index (χ3n) is 3.10. The summed E-state index contributed by atoms with van der Waals surface area (Å²) in [7, 11) is 0.453. The van der Waals surface area contributed by atoms with E-state index >= 15 is 0 Å². The van der Waals surface area contributed by atoms with E-state index in [0.29, 0.717) is 18.2 Å². The van der Waals surface area contributed by atoms with Crippen molar-refractivity contribution in [1.82, 2.24) is 0 Å². The first kappa shape index (κ1) is 18.4. The molecule has 0 spiro atoms. The molecule has 0 aliphatic rings. The van der Waals surface area contributed by atoms with Crippen LogP contribution in [0.5, 0.6) is 5.75 Å². The number of para-hydroxylation sites is 1. The maximum atomic E-state index is 11.3. The predicted octanol–water partition coefficient (Wildman–Crippen LogP) is 3.20. The maximum Gasteiger partial charge on any atom is 0.565 e. The highest BCUT2D eigenvalue weighted by Gasteiger charge is 2.40. The summed E-state index contributed by atoms with van der Waals surface area (Å²) in [5.74, 6) is 0.370. The van der Waals surface area contributed by atoms with Gasteiger partial charge in [0.25, 0.3) is 0 Å². The number of hydrogen-bond acceptors (Lipinski definition) is 5. The van der Waals surface area contributed by atoms with Gasteiger partial charge in [-0.2, -0.15) is 0 Å². The van der Waals surface area contributed by atoms with E-state index in [2.05, 4.69) is 6.58 Å². The van der Waals surface area contributed by atoms with Crippen LogP contribution in [0.2, 0.25) is 6.04 Å². The number of carbonyl (C=O) groups excluding carboxylic acids is 1. The molecular formula is C16H24O5Si. The molecule has 1 aromatic carbocycles. The van der Waals surface area contributed by atoms with E-state index in [1.165, 1.54) is 0 Å². The fourth-order valence-corrected chi connectivity index (χ4v) is 3.84. The average molecular weight is 324 g/mol. The zero-order chi connectivity index (χ0) is 16.4. The van der Waals surface area contributed by atoms with Gasteiger partial charge in [-0.1, -0.05) is 24.8 Å². The lowest BCUT2D eigenvalue weighted by molar-refractivity contribution is -0.139. The lowest BCUT2D eigenvalue weighted by Gasteiger charge is -2.26. The second-order valence-electron chi connectivity index (χ2n) is 4.88. The van der Waals surface area contributed by atoms with Crippen LogP contribution >= 0.6 is 0 Å². The minimum Gasteiger partial charge on any atom is -0.501 e. The van der Waals surface area contributed by atoms with Crippen LogP contribution in [-0.4, -0.2) is 35.6 Å². The van der Waals surface area contributed by atoms with E-state index in [1.54, 1.807) is 21.1 Å². The predicted molar refractivity (Wildman–Crippen MR) is 86.7 cm³/mol. The molecular weight excluding hydrogens is 300 g/mol. The topological polar surface area (TPSA) is 54.0 Å². The molecule has 0 fully saturated rings. The van der Waals surface area contributed by atoms with Gasteiger partial charge in [-0.3, -0.25) is 0 Å². The Bertz CT molecular complexity index is 471. The van der Waals surface area contributed by atoms with Gasteiger partial charge in [-0.25, -0.2) is 4.79 Å². The van der Waals surface area contributed by atoms with Crippen molar-refractivity contribution in [2.24, 2.45) is 0 Å². The molecule has 0 radical (unpaired) electrons. The van der Waals surface area contributed by atoms with Gasteiger partial charge in [0.05, 0.1) is 6.61 Å². The smallest absolute Gasteiger partial charge is 0.501 e. The molecule has 0 atom stereocenters. The SMILES string of the molecule is C=C(C)C(=O)OCCCC[Si](OC)(OC)Oc1ccccc1. The molecule has 1 rings (SSSR count). The van der Waals surface area contributed by atoms with Crippen LogP contribution in [0.15, 0.2) is 42.5 Å². The normalized spacial score (nSPS) is 11.0. The van der Waals surface area contributed by atoms with Gasteiger partial charge in [-0.15, -0.1) is 0 Å². The van der Waals surface area contributed by atoms with Crippen LogP contribution in [0.3, 0.4) is 0 Å². The van der Waals surface area contributed by atoms with Gasteiger partial charge < -0.3 is 18.0 Å². The first-order chi connectivity index (χ1) is 10.5. The first-order valence-corrected chi connectivity index (χ1v) is 9.13. The van der Waals surface area contributed by atoms with Crippen LogP contribution in [0.4, 0.5) is 0 Å². The molecule has 0 heterocycles. The van der Waals surface area contributed by atoms with Gasteiger partial charge in [0.15, 0.2) is 0 Å². The van der Waals surface area contributed by atoms with E-state index in [-0.39, 0.29) is 5.97 Å². The highest BCUT2D eigenvalue weighted by Crippen LogP contribution is 2.21. The van der Waals surface area contributed by atoms with Crippen LogP contribution in [0.25, 0.3) is 0 Å². The van der Waals surface area contributed by atoms with Crippen LogP contribution < -0.4 is 4.43 Å². The molecule has 5 nitrogen and oxygen atoms in total. The summed E-state index contributed by atoms with van der Waals surface area (Å²) in [6, 6.07) is 10.1. The second kappa shape index (κ2) is 9.40. The van der Waals surface area contributed by atoms with Gasteiger partial charge in [0, 0.05) is 25.8 Å². The van der Waals surface area contributed by atoms with Crippen molar-refractivity contribution in [2.75, 3.05) is 20.8 Å². The van der Waals surface area contributed by atoms with Crippen molar-refractivity contribution < 1.29 is 22.8 Å². The highest BCUT2D eigenvalue weighted by molar-refractivity contribution is 6.61. The Morgan fingerprint density at radius 3 is 2.32 bits per heavy atom. The van der Waals surface area contributed by atoms with Crippen LogP contribution in [-0.2, 0) is 18.4 Å². The Morgan fingerprint density at radius 1 is 1.14 bits per heavy atom. The number of ether oxygens (including phenoxy) is 1. The second-order valence-corrected chi connectivity index (χ2v) is 7.77. The summed E-state index contributed by atoms with van der Waals surface area (Å²) in [5, 5.41) is 0. The molecule has 0 N–H and O–H groups in total. The Kier molecular flexibility index (Phi) is 7.87.